The third kappa shape index (κ3) is 4.27. The Balaban J connectivity index is 1.64. The lowest BCUT2D eigenvalue weighted by Gasteiger charge is -2.37. The normalized spacial score (nSPS) is 21.3. The highest BCUT2D eigenvalue weighted by Gasteiger charge is 2.43. The van der Waals surface area contributed by atoms with Crippen molar-refractivity contribution >= 4 is 28.5 Å². The molecule has 1 N–H and O–H groups in total. The zero-order valence-electron chi connectivity index (χ0n) is 17.2. The Morgan fingerprint density at radius 1 is 1.06 bits per heavy atom. The minimum atomic E-state index is -5.19. The number of nitrogens with one attached hydrogen (secondary N) is 1. The summed E-state index contributed by atoms with van der Waals surface area (Å²) >= 11 is 6.14. The smallest absolute Gasteiger partial charge is 0.356 e. The van der Waals surface area contributed by atoms with E-state index in [9.17, 15) is 26.3 Å². The highest BCUT2D eigenvalue weighted by Crippen LogP contribution is 2.41. The summed E-state index contributed by atoms with van der Waals surface area (Å²) < 4.78 is 90.8. The number of fused-ring (bicyclic) bond motifs is 3. The molecule has 2 aliphatic rings. The van der Waals surface area contributed by atoms with E-state index in [2.05, 4.69) is 19.9 Å². The monoisotopic (exact) mass is 507 g/mol. The van der Waals surface area contributed by atoms with Gasteiger partial charge in [-0.15, -0.1) is 0 Å². The van der Waals surface area contributed by atoms with Crippen molar-refractivity contribution in [1.82, 2.24) is 19.9 Å². The van der Waals surface area contributed by atoms with Crippen LogP contribution in [0.1, 0.15) is 35.4 Å². The second-order valence-electron chi connectivity index (χ2n) is 7.96. The Kier molecular flexibility index (Phi) is 5.60. The highest BCUT2D eigenvalue weighted by molar-refractivity contribution is 6.31. The summed E-state index contributed by atoms with van der Waals surface area (Å²) in [5, 5.41) is 1.33. The van der Waals surface area contributed by atoms with Crippen molar-refractivity contribution in [3.05, 3.63) is 46.1 Å². The number of H-pyrrole nitrogens is 1. The number of aromatic amines is 1. The fraction of sp³-hybridized carbons (Fsp3) is 0.450. The summed E-state index contributed by atoms with van der Waals surface area (Å²) in [5.41, 5.74) is 2.24. The molecule has 1 saturated heterocycles. The third-order valence-corrected chi connectivity index (χ3v) is 6.01. The summed E-state index contributed by atoms with van der Waals surface area (Å²) in [6.45, 7) is 0.364. The number of nitrogens with zero attached hydrogens (tertiary/aromatic N) is 4. The molecule has 2 atom stereocenters. The van der Waals surface area contributed by atoms with Crippen molar-refractivity contribution in [2.24, 2.45) is 0 Å². The maximum atomic E-state index is 13.4. The SMILES string of the molecule is FC(F)(F)c1nc(N2CCc3c([nH]c4ccc(Cl)cc34)[C@@H]2C[C@@H]2COCO2)nc(C(F)(F)F)n1. The van der Waals surface area contributed by atoms with Crippen LogP contribution in [0.25, 0.3) is 10.9 Å². The summed E-state index contributed by atoms with van der Waals surface area (Å²) in [6.07, 6.45) is -10.2. The van der Waals surface area contributed by atoms with Crippen LogP contribution in [-0.2, 0) is 28.2 Å². The van der Waals surface area contributed by atoms with Gasteiger partial charge in [0.1, 0.15) is 6.79 Å². The molecule has 3 aromatic rings. The van der Waals surface area contributed by atoms with E-state index >= 15 is 0 Å². The molecule has 2 aliphatic heterocycles. The first kappa shape index (κ1) is 23.1. The van der Waals surface area contributed by atoms with Gasteiger partial charge < -0.3 is 19.4 Å². The molecular formula is C20H16ClF6N5O2. The average Bonchev–Trinajstić information content (AvgIpc) is 3.40. The molecule has 4 heterocycles. The minimum Gasteiger partial charge on any atom is -0.356 e. The summed E-state index contributed by atoms with van der Waals surface area (Å²) in [5.74, 6) is -4.52. The van der Waals surface area contributed by atoms with E-state index in [4.69, 9.17) is 21.1 Å². The maximum Gasteiger partial charge on any atom is 0.451 e. The van der Waals surface area contributed by atoms with Crippen molar-refractivity contribution < 1.29 is 35.8 Å². The van der Waals surface area contributed by atoms with Gasteiger partial charge in [-0.25, -0.2) is 4.98 Å². The Morgan fingerprint density at radius 2 is 1.76 bits per heavy atom. The third-order valence-electron chi connectivity index (χ3n) is 5.78. The second kappa shape index (κ2) is 8.24. The molecule has 2 aromatic heterocycles. The summed E-state index contributed by atoms with van der Waals surface area (Å²) in [4.78, 5) is 14.0. The van der Waals surface area contributed by atoms with Gasteiger partial charge in [-0.05, 0) is 30.2 Å². The van der Waals surface area contributed by atoms with Crippen LogP contribution in [0.15, 0.2) is 18.2 Å². The van der Waals surface area contributed by atoms with Crippen molar-refractivity contribution in [1.29, 1.82) is 0 Å². The predicted molar refractivity (Wildman–Crippen MR) is 107 cm³/mol. The van der Waals surface area contributed by atoms with Crippen molar-refractivity contribution in [3.63, 3.8) is 0 Å². The van der Waals surface area contributed by atoms with Gasteiger partial charge in [0.15, 0.2) is 0 Å². The molecule has 5 rings (SSSR count). The first-order valence-electron chi connectivity index (χ1n) is 10.2. The number of hydrogen-bond acceptors (Lipinski definition) is 6. The summed E-state index contributed by atoms with van der Waals surface area (Å²) in [7, 11) is 0. The van der Waals surface area contributed by atoms with Crippen LogP contribution in [0.3, 0.4) is 0 Å². The van der Waals surface area contributed by atoms with Gasteiger partial charge in [-0.1, -0.05) is 11.6 Å². The molecule has 182 valence electrons. The Morgan fingerprint density at radius 3 is 2.38 bits per heavy atom. The van der Waals surface area contributed by atoms with E-state index in [0.717, 1.165) is 16.5 Å². The predicted octanol–water partition coefficient (Wildman–Crippen LogP) is 4.91. The average molecular weight is 508 g/mol. The number of rotatable bonds is 3. The quantitative estimate of drug-likeness (QED) is 0.508. The number of alkyl halides is 6. The molecule has 0 spiro atoms. The van der Waals surface area contributed by atoms with Crippen molar-refractivity contribution in [2.45, 2.75) is 37.3 Å². The van der Waals surface area contributed by atoms with Crippen LogP contribution in [-0.4, -0.2) is 46.0 Å². The maximum absolute atomic E-state index is 13.4. The molecule has 0 saturated carbocycles. The molecule has 0 radical (unpaired) electrons. The molecule has 14 heteroatoms. The fourth-order valence-electron chi connectivity index (χ4n) is 4.33. The van der Waals surface area contributed by atoms with E-state index in [1.807, 2.05) is 0 Å². The van der Waals surface area contributed by atoms with Crippen LogP contribution in [0.2, 0.25) is 5.02 Å². The zero-order chi connectivity index (χ0) is 24.3. The molecule has 34 heavy (non-hydrogen) atoms. The number of hydrogen-bond donors (Lipinski definition) is 1. The van der Waals surface area contributed by atoms with E-state index in [1.165, 1.54) is 4.90 Å². The first-order valence-corrected chi connectivity index (χ1v) is 10.5. The Bertz CT molecular complexity index is 1190. The van der Waals surface area contributed by atoms with Crippen LogP contribution in [0, 0.1) is 0 Å². The molecule has 0 amide bonds. The van der Waals surface area contributed by atoms with Gasteiger partial charge in [0.2, 0.25) is 17.6 Å². The standard InChI is InChI=1S/C20H16ClF6N5O2/c21-9-1-2-13-12(5-9)11-3-4-32(14(15(11)28-13)6-10-7-33-8-34-10)18-30-16(19(22,23)24)29-17(31-18)20(25,26)27/h1-2,5,10,14,28H,3-4,6-8H2/t10-,14+/m1/s1. The van der Waals surface area contributed by atoms with E-state index in [-0.39, 0.29) is 26.4 Å². The Hall–Kier alpha value is -2.64. The largest absolute Gasteiger partial charge is 0.451 e. The second-order valence-corrected chi connectivity index (χ2v) is 8.39. The van der Waals surface area contributed by atoms with Crippen LogP contribution in [0.4, 0.5) is 32.3 Å². The van der Waals surface area contributed by atoms with Gasteiger partial charge in [0, 0.05) is 34.6 Å². The highest BCUT2D eigenvalue weighted by atomic mass is 35.5. The molecule has 7 nitrogen and oxygen atoms in total. The van der Waals surface area contributed by atoms with Gasteiger partial charge in [-0.3, -0.25) is 0 Å². The molecular weight excluding hydrogens is 492 g/mol. The van der Waals surface area contributed by atoms with E-state index in [1.54, 1.807) is 18.2 Å². The molecule has 0 bridgehead atoms. The van der Waals surface area contributed by atoms with E-state index in [0.29, 0.717) is 17.1 Å². The topological polar surface area (TPSA) is 76.2 Å². The molecule has 0 aliphatic carbocycles. The lowest BCUT2D eigenvalue weighted by atomic mass is 9.94. The van der Waals surface area contributed by atoms with Crippen LogP contribution in [0.5, 0.6) is 0 Å². The van der Waals surface area contributed by atoms with Crippen molar-refractivity contribution in [3.8, 4) is 0 Å². The molecule has 0 unspecified atom stereocenters. The van der Waals surface area contributed by atoms with Gasteiger partial charge in [-0.2, -0.15) is 36.3 Å². The minimum absolute atomic E-state index is 0.0504. The lowest BCUT2D eigenvalue weighted by molar-refractivity contribution is -0.155. The Labute approximate surface area is 193 Å². The number of anilines is 1. The van der Waals surface area contributed by atoms with E-state index < -0.39 is 42.1 Å². The number of aromatic nitrogens is 4. The fourth-order valence-corrected chi connectivity index (χ4v) is 4.50. The lowest BCUT2D eigenvalue weighted by Crippen LogP contribution is -2.39. The van der Waals surface area contributed by atoms with Crippen molar-refractivity contribution in [2.75, 3.05) is 24.8 Å². The van der Waals surface area contributed by atoms with Gasteiger partial charge >= 0.3 is 12.4 Å². The number of ether oxygens (including phenoxy) is 2. The van der Waals surface area contributed by atoms with Crippen LogP contribution < -0.4 is 4.90 Å². The first-order chi connectivity index (χ1) is 16.0. The molecule has 1 aromatic carbocycles. The molecule has 1 fully saturated rings. The van der Waals surface area contributed by atoms with Gasteiger partial charge in [0.25, 0.3) is 0 Å². The summed E-state index contributed by atoms with van der Waals surface area (Å²) in [6, 6.07) is 4.51. The number of halogens is 7. The van der Waals surface area contributed by atoms with Gasteiger partial charge in [0.05, 0.1) is 18.8 Å². The van der Waals surface area contributed by atoms with Crippen LogP contribution >= 0.6 is 11.6 Å². The zero-order valence-corrected chi connectivity index (χ0v) is 17.9. The number of benzene rings is 1.